The molecule has 0 heterocycles. The topological polar surface area (TPSA) is 86.8 Å². The van der Waals surface area contributed by atoms with Gasteiger partial charge in [0.25, 0.3) is 10.0 Å². The first-order chi connectivity index (χ1) is 18.2. The van der Waals surface area contributed by atoms with Crippen molar-refractivity contribution in [3.8, 4) is 0 Å². The zero-order valence-corrected chi connectivity index (χ0v) is 24.9. The van der Waals surface area contributed by atoms with Crippen molar-refractivity contribution in [1.29, 1.82) is 0 Å². The van der Waals surface area contributed by atoms with Crippen LogP contribution in [0.25, 0.3) is 0 Å². The van der Waals surface area contributed by atoms with Gasteiger partial charge in [0.05, 0.1) is 15.6 Å². The van der Waals surface area contributed by atoms with E-state index in [-0.39, 0.29) is 33.1 Å². The number of amides is 2. The molecular weight excluding hydrogens is 557 g/mol. The van der Waals surface area contributed by atoms with Gasteiger partial charge in [-0.25, -0.2) is 8.42 Å². The number of carbonyl (C=O) groups is 2. The summed E-state index contributed by atoms with van der Waals surface area (Å²) < 4.78 is 28.7. The van der Waals surface area contributed by atoms with E-state index < -0.39 is 34.1 Å². The van der Waals surface area contributed by atoms with E-state index in [9.17, 15) is 18.0 Å². The van der Waals surface area contributed by atoms with Crippen molar-refractivity contribution >= 4 is 50.7 Å². The lowest BCUT2D eigenvalue weighted by Gasteiger charge is -2.33. The molecule has 1 atom stereocenters. The summed E-state index contributed by atoms with van der Waals surface area (Å²) in [6.07, 6.45) is 0. The van der Waals surface area contributed by atoms with Crippen molar-refractivity contribution in [3.05, 3.63) is 94.0 Å². The average molecular weight is 591 g/mol. The van der Waals surface area contributed by atoms with Crippen molar-refractivity contribution in [3.63, 3.8) is 0 Å². The number of nitrogens with zero attached hydrogens (tertiary/aromatic N) is 2. The number of benzene rings is 3. The number of rotatable bonds is 9. The Bertz CT molecular complexity index is 1420. The Morgan fingerprint density at radius 2 is 1.56 bits per heavy atom. The minimum Gasteiger partial charge on any atom is -0.350 e. The fourth-order valence-corrected chi connectivity index (χ4v) is 5.73. The van der Waals surface area contributed by atoms with Gasteiger partial charge in [-0.05, 0) is 70.5 Å². The Labute approximate surface area is 240 Å². The van der Waals surface area contributed by atoms with Gasteiger partial charge in [0.2, 0.25) is 11.8 Å². The summed E-state index contributed by atoms with van der Waals surface area (Å²) in [5, 5.41) is 3.26. The van der Waals surface area contributed by atoms with Crippen LogP contribution in [-0.4, -0.2) is 43.3 Å². The fraction of sp³-hybridized carbons (Fsp3) is 0.310. The van der Waals surface area contributed by atoms with Gasteiger partial charge >= 0.3 is 0 Å². The van der Waals surface area contributed by atoms with E-state index in [1.54, 1.807) is 19.1 Å². The Hall–Kier alpha value is -3.07. The van der Waals surface area contributed by atoms with E-state index in [0.717, 1.165) is 15.4 Å². The van der Waals surface area contributed by atoms with Crippen molar-refractivity contribution in [2.75, 3.05) is 10.8 Å². The normalized spacial score (nSPS) is 12.5. The molecule has 1 N–H and O–H groups in total. The van der Waals surface area contributed by atoms with Crippen LogP contribution in [0.5, 0.6) is 0 Å². The number of hydrogen-bond donors (Lipinski definition) is 1. The molecule has 0 saturated carbocycles. The van der Waals surface area contributed by atoms with Crippen molar-refractivity contribution in [1.82, 2.24) is 10.2 Å². The molecule has 0 aliphatic heterocycles. The largest absolute Gasteiger partial charge is 0.350 e. The Morgan fingerprint density at radius 1 is 0.949 bits per heavy atom. The monoisotopic (exact) mass is 589 g/mol. The van der Waals surface area contributed by atoms with Crippen LogP contribution in [0.15, 0.2) is 77.7 Å². The number of sulfonamides is 1. The first-order valence-electron chi connectivity index (χ1n) is 12.4. The molecule has 3 aromatic carbocycles. The van der Waals surface area contributed by atoms with Crippen LogP contribution in [0.2, 0.25) is 10.0 Å². The van der Waals surface area contributed by atoms with Crippen LogP contribution in [0, 0.1) is 6.92 Å². The summed E-state index contributed by atoms with van der Waals surface area (Å²) in [6.45, 7) is 8.49. The van der Waals surface area contributed by atoms with E-state index in [0.29, 0.717) is 0 Å². The number of nitrogens with one attached hydrogen (secondary N) is 1. The summed E-state index contributed by atoms with van der Waals surface area (Å²) >= 11 is 12.6. The van der Waals surface area contributed by atoms with Gasteiger partial charge in [0, 0.05) is 17.1 Å². The molecule has 0 aliphatic carbocycles. The molecule has 0 fully saturated rings. The molecule has 0 radical (unpaired) electrons. The van der Waals surface area contributed by atoms with Gasteiger partial charge in [-0.1, -0.05) is 71.2 Å². The van der Waals surface area contributed by atoms with Crippen LogP contribution in [0.4, 0.5) is 5.69 Å². The molecule has 0 spiro atoms. The molecule has 10 heteroatoms. The Kier molecular flexibility index (Phi) is 9.69. The van der Waals surface area contributed by atoms with E-state index in [1.165, 1.54) is 35.2 Å². The minimum absolute atomic E-state index is 0.00919. The second-order valence-electron chi connectivity index (χ2n) is 10.3. The van der Waals surface area contributed by atoms with E-state index in [4.69, 9.17) is 23.2 Å². The number of anilines is 1. The molecule has 0 unspecified atom stereocenters. The zero-order chi connectivity index (χ0) is 29.0. The standard InChI is InChI=1S/C29H33Cl2N3O4S/c1-20-11-14-24(15-12-20)39(37,38)34(26-17-23(30)13-16-25(26)31)19-27(35)33(18-22-9-7-6-8-10-22)21(2)28(36)32-29(3,4)5/h6-17,21H,18-19H2,1-5H3,(H,32,36)/t21-/m1/s1. The fourth-order valence-electron chi connectivity index (χ4n) is 3.86. The lowest BCUT2D eigenvalue weighted by Crippen LogP contribution is -2.54. The number of aryl methyl sites for hydroxylation is 1. The highest BCUT2D eigenvalue weighted by molar-refractivity contribution is 7.92. The molecule has 3 aromatic rings. The van der Waals surface area contributed by atoms with Gasteiger partial charge < -0.3 is 10.2 Å². The predicted molar refractivity (Wildman–Crippen MR) is 157 cm³/mol. The lowest BCUT2D eigenvalue weighted by atomic mass is 10.1. The van der Waals surface area contributed by atoms with E-state index in [1.807, 2.05) is 58.0 Å². The van der Waals surface area contributed by atoms with Crippen molar-refractivity contribution in [2.24, 2.45) is 0 Å². The van der Waals surface area contributed by atoms with Crippen LogP contribution in [-0.2, 0) is 26.2 Å². The second-order valence-corrected chi connectivity index (χ2v) is 13.0. The van der Waals surface area contributed by atoms with Gasteiger partial charge in [0.15, 0.2) is 0 Å². The van der Waals surface area contributed by atoms with Crippen molar-refractivity contribution < 1.29 is 18.0 Å². The van der Waals surface area contributed by atoms with Gasteiger partial charge in [0.1, 0.15) is 12.6 Å². The first kappa shape index (κ1) is 30.5. The highest BCUT2D eigenvalue weighted by atomic mass is 35.5. The van der Waals surface area contributed by atoms with Gasteiger partial charge in [-0.3, -0.25) is 13.9 Å². The summed E-state index contributed by atoms with van der Waals surface area (Å²) in [5.74, 6) is -0.942. The average Bonchev–Trinajstić information content (AvgIpc) is 2.86. The molecule has 7 nitrogen and oxygen atoms in total. The quantitative estimate of drug-likeness (QED) is 0.340. The highest BCUT2D eigenvalue weighted by Crippen LogP contribution is 2.33. The van der Waals surface area contributed by atoms with Crippen LogP contribution < -0.4 is 9.62 Å². The molecule has 0 saturated heterocycles. The summed E-state index contributed by atoms with van der Waals surface area (Å²) in [5.41, 5.74) is 1.20. The van der Waals surface area contributed by atoms with Crippen LogP contribution in [0.3, 0.4) is 0 Å². The smallest absolute Gasteiger partial charge is 0.264 e. The molecule has 0 bridgehead atoms. The molecule has 39 heavy (non-hydrogen) atoms. The van der Waals surface area contributed by atoms with Crippen LogP contribution >= 0.6 is 23.2 Å². The highest BCUT2D eigenvalue weighted by Gasteiger charge is 2.34. The SMILES string of the molecule is Cc1ccc(S(=O)(=O)N(CC(=O)N(Cc2ccccc2)[C@H](C)C(=O)NC(C)(C)C)c2cc(Cl)ccc2Cl)cc1. The second kappa shape index (κ2) is 12.4. The number of halogens is 2. The molecule has 0 aromatic heterocycles. The third kappa shape index (κ3) is 7.97. The molecule has 3 rings (SSSR count). The molecule has 208 valence electrons. The minimum atomic E-state index is -4.24. The third-order valence-electron chi connectivity index (χ3n) is 5.93. The summed E-state index contributed by atoms with van der Waals surface area (Å²) in [4.78, 5) is 28.4. The lowest BCUT2D eigenvalue weighted by molar-refractivity contribution is -0.140. The summed E-state index contributed by atoms with van der Waals surface area (Å²) in [6, 6.07) is 19.0. The molecular formula is C29H33Cl2N3O4S. The first-order valence-corrected chi connectivity index (χ1v) is 14.6. The maximum Gasteiger partial charge on any atom is 0.264 e. The van der Waals surface area contributed by atoms with Gasteiger partial charge in [-0.15, -0.1) is 0 Å². The zero-order valence-electron chi connectivity index (χ0n) is 22.6. The van der Waals surface area contributed by atoms with E-state index >= 15 is 0 Å². The number of hydrogen-bond acceptors (Lipinski definition) is 4. The number of carbonyl (C=O) groups excluding carboxylic acids is 2. The Morgan fingerprint density at radius 3 is 2.15 bits per heavy atom. The maximum absolute atomic E-state index is 13.9. The third-order valence-corrected chi connectivity index (χ3v) is 8.25. The molecule has 2 amide bonds. The predicted octanol–water partition coefficient (Wildman–Crippen LogP) is 5.83. The van der Waals surface area contributed by atoms with Crippen molar-refractivity contribution in [2.45, 2.75) is 57.6 Å². The maximum atomic E-state index is 13.9. The summed E-state index contributed by atoms with van der Waals surface area (Å²) in [7, 11) is -4.24. The Balaban J connectivity index is 2.07. The molecule has 0 aliphatic rings. The van der Waals surface area contributed by atoms with Gasteiger partial charge in [-0.2, -0.15) is 0 Å². The van der Waals surface area contributed by atoms with E-state index in [2.05, 4.69) is 5.32 Å². The van der Waals surface area contributed by atoms with Crippen LogP contribution in [0.1, 0.15) is 38.8 Å².